The Labute approximate surface area is 193 Å². The highest BCUT2D eigenvalue weighted by molar-refractivity contribution is 14.0. The Morgan fingerprint density at radius 3 is 2.62 bits per heavy atom. The number of benzene rings is 1. The second kappa shape index (κ2) is 12.7. The maximum atomic E-state index is 6.13. The number of ether oxygens (including phenoxy) is 1. The third kappa shape index (κ3) is 6.80. The van der Waals surface area contributed by atoms with E-state index in [0.29, 0.717) is 6.04 Å². The SMILES string of the molecule is CCNC(=NCCN(CC)CC)N1CC2OCCN(Cc3ccccc3)C2C1.I. The van der Waals surface area contributed by atoms with Crippen molar-refractivity contribution in [1.29, 1.82) is 0 Å². The summed E-state index contributed by atoms with van der Waals surface area (Å²) in [6.45, 7) is 16.2. The van der Waals surface area contributed by atoms with Gasteiger partial charge < -0.3 is 19.9 Å². The second-order valence-electron chi connectivity index (χ2n) is 7.60. The highest BCUT2D eigenvalue weighted by Crippen LogP contribution is 2.24. The molecule has 0 aliphatic carbocycles. The number of nitrogens with one attached hydrogen (secondary N) is 1. The molecule has 6 nitrogen and oxygen atoms in total. The molecule has 2 saturated heterocycles. The van der Waals surface area contributed by atoms with Crippen LogP contribution in [0.1, 0.15) is 26.3 Å². The van der Waals surface area contributed by atoms with Gasteiger partial charge in [0, 0.05) is 39.3 Å². The van der Waals surface area contributed by atoms with Gasteiger partial charge in [0.25, 0.3) is 0 Å². The fourth-order valence-electron chi connectivity index (χ4n) is 4.21. The second-order valence-corrected chi connectivity index (χ2v) is 7.60. The predicted molar refractivity (Wildman–Crippen MR) is 131 cm³/mol. The number of morpholine rings is 1. The fraction of sp³-hybridized carbons (Fsp3) is 0.682. The molecule has 1 aromatic carbocycles. The summed E-state index contributed by atoms with van der Waals surface area (Å²) in [7, 11) is 0. The van der Waals surface area contributed by atoms with Gasteiger partial charge in [0.2, 0.25) is 0 Å². The Morgan fingerprint density at radius 2 is 1.93 bits per heavy atom. The third-order valence-electron chi connectivity index (χ3n) is 5.85. The number of aliphatic imine (C=N–C) groups is 1. The van der Waals surface area contributed by atoms with E-state index in [1.807, 2.05) is 0 Å². The summed E-state index contributed by atoms with van der Waals surface area (Å²) in [5.41, 5.74) is 1.38. The van der Waals surface area contributed by atoms with Crippen LogP contribution in [0, 0.1) is 0 Å². The van der Waals surface area contributed by atoms with Crippen LogP contribution in [0.2, 0.25) is 0 Å². The predicted octanol–water partition coefficient (Wildman–Crippen LogP) is 2.50. The molecule has 7 heteroatoms. The molecule has 0 spiro atoms. The van der Waals surface area contributed by atoms with Gasteiger partial charge in [-0.15, -0.1) is 24.0 Å². The van der Waals surface area contributed by atoms with Crippen molar-refractivity contribution in [1.82, 2.24) is 20.0 Å². The van der Waals surface area contributed by atoms with E-state index < -0.39 is 0 Å². The summed E-state index contributed by atoms with van der Waals surface area (Å²) >= 11 is 0. The van der Waals surface area contributed by atoms with Crippen LogP contribution in [-0.2, 0) is 11.3 Å². The van der Waals surface area contributed by atoms with E-state index in [0.717, 1.165) is 71.5 Å². The Hall–Kier alpha value is -0.900. The molecule has 2 fully saturated rings. The molecule has 2 heterocycles. The lowest BCUT2D eigenvalue weighted by molar-refractivity contribution is -0.0502. The number of rotatable bonds is 8. The molecule has 0 aromatic heterocycles. The zero-order valence-electron chi connectivity index (χ0n) is 18.2. The summed E-state index contributed by atoms with van der Waals surface area (Å²) in [6.07, 6.45) is 0.268. The standard InChI is InChI=1S/C22H37N5O.HI/c1-4-23-22(24-12-13-25(5-2)6-3)27-17-20-21(18-27)28-15-14-26(20)16-19-10-8-7-9-11-19;/h7-11,20-21H,4-6,12-18H2,1-3H3,(H,23,24);1H. The summed E-state index contributed by atoms with van der Waals surface area (Å²) in [5, 5.41) is 3.49. The van der Waals surface area contributed by atoms with Crippen LogP contribution in [0.4, 0.5) is 0 Å². The van der Waals surface area contributed by atoms with E-state index in [9.17, 15) is 0 Å². The highest BCUT2D eigenvalue weighted by atomic mass is 127. The van der Waals surface area contributed by atoms with Gasteiger partial charge in [-0.1, -0.05) is 44.2 Å². The molecule has 2 aliphatic rings. The van der Waals surface area contributed by atoms with Gasteiger partial charge in [-0.25, -0.2) is 0 Å². The van der Waals surface area contributed by atoms with E-state index in [1.165, 1.54) is 5.56 Å². The van der Waals surface area contributed by atoms with Crippen molar-refractivity contribution < 1.29 is 4.74 Å². The Morgan fingerprint density at radius 1 is 1.17 bits per heavy atom. The minimum Gasteiger partial charge on any atom is -0.373 e. The first-order chi connectivity index (χ1) is 13.7. The lowest BCUT2D eigenvalue weighted by Crippen LogP contribution is -2.50. The number of hydrogen-bond acceptors (Lipinski definition) is 4. The lowest BCUT2D eigenvalue weighted by atomic mass is 10.1. The van der Waals surface area contributed by atoms with Crippen molar-refractivity contribution in [2.75, 3.05) is 59.0 Å². The first kappa shape index (κ1) is 24.4. The molecule has 0 radical (unpaired) electrons. The number of likely N-dealkylation sites (N-methyl/N-ethyl adjacent to an activating group) is 1. The smallest absolute Gasteiger partial charge is 0.194 e. The van der Waals surface area contributed by atoms with Gasteiger partial charge >= 0.3 is 0 Å². The number of halogens is 1. The first-order valence-electron chi connectivity index (χ1n) is 10.9. The van der Waals surface area contributed by atoms with Crippen LogP contribution >= 0.6 is 24.0 Å². The van der Waals surface area contributed by atoms with Crippen molar-refractivity contribution in [2.24, 2.45) is 4.99 Å². The highest BCUT2D eigenvalue weighted by Gasteiger charge is 2.41. The molecule has 0 saturated carbocycles. The topological polar surface area (TPSA) is 43.3 Å². The maximum Gasteiger partial charge on any atom is 0.194 e. The maximum absolute atomic E-state index is 6.13. The molecule has 1 aromatic rings. The van der Waals surface area contributed by atoms with Crippen molar-refractivity contribution in [2.45, 2.75) is 39.5 Å². The van der Waals surface area contributed by atoms with Crippen molar-refractivity contribution in [3.63, 3.8) is 0 Å². The van der Waals surface area contributed by atoms with Crippen molar-refractivity contribution >= 4 is 29.9 Å². The van der Waals surface area contributed by atoms with Gasteiger partial charge in [0.15, 0.2) is 5.96 Å². The average Bonchev–Trinajstić information content (AvgIpc) is 3.16. The van der Waals surface area contributed by atoms with Crippen LogP contribution in [0.15, 0.2) is 35.3 Å². The summed E-state index contributed by atoms with van der Waals surface area (Å²) in [6, 6.07) is 11.2. The number of nitrogens with zero attached hydrogens (tertiary/aromatic N) is 4. The number of fused-ring (bicyclic) bond motifs is 1. The van der Waals surface area contributed by atoms with Crippen LogP contribution in [0.25, 0.3) is 0 Å². The molecule has 29 heavy (non-hydrogen) atoms. The zero-order valence-corrected chi connectivity index (χ0v) is 20.5. The minimum absolute atomic E-state index is 0. The number of likely N-dealkylation sites (tertiary alicyclic amines) is 1. The fourth-order valence-corrected chi connectivity index (χ4v) is 4.21. The molecule has 0 amide bonds. The quantitative estimate of drug-likeness (QED) is 0.328. The monoisotopic (exact) mass is 515 g/mol. The summed E-state index contributed by atoms with van der Waals surface area (Å²) < 4.78 is 6.13. The molecule has 1 N–H and O–H groups in total. The normalized spacial score (nSPS) is 22.5. The van der Waals surface area contributed by atoms with E-state index in [-0.39, 0.29) is 30.1 Å². The number of hydrogen-bond donors (Lipinski definition) is 1. The minimum atomic E-state index is 0. The van der Waals surface area contributed by atoms with E-state index >= 15 is 0 Å². The molecule has 2 unspecified atom stereocenters. The summed E-state index contributed by atoms with van der Waals surface area (Å²) in [4.78, 5) is 12.3. The summed E-state index contributed by atoms with van der Waals surface area (Å²) in [5.74, 6) is 1.03. The van der Waals surface area contributed by atoms with Crippen molar-refractivity contribution in [3.05, 3.63) is 35.9 Å². The average molecular weight is 515 g/mol. The van der Waals surface area contributed by atoms with Gasteiger partial charge in [-0.2, -0.15) is 0 Å². The van der Waals surface area contributed by atoms with E-state index in [1.54, 1.807) is 0 Å². The first-order valence-corrected chi connectivity index (χ1v) is 10.9. The molecule has 2 aliphatic heterocycles. The molecular weight excluding hydrogens is 477 g/mol. The number of guanidine groups is 1. The van der Waals surface area contributed by atoms with Crippen LogP contribution in [-0.4, -0.2) is 91.8 Å². The van der Waals surface area contributed by atoms with Crippen LogP contribution in [0.3, 0.4) is 0 Å². The molecule has 164 valence electrons. The van der Waals surface area contributed by atoms with E-state index in [2.05, 4.69) is 71.1 Å². The van der Waals surface area contributed by atoms with Crippen LogP contribution in [0.5, 0.6) is 0 Å². The van der Waals surface area contributed by atoms with Crippen LogP contribution < -0.4 is 5.32 Å². The Kier molecular flexibility index (Phi) is 10.7. The largest absolute Gasteiger partial charge is 0.373 e. The van der Waals surface area contributed by atoms with E-state index in [4.69, 9.17) is 9.73 Å². The zero-order chi connectivity index (χ0) is 19.8. The van der Waals surface area contributed by atoms with Crippen molar-refractivity contribution in [3.8, 4) is 0 Å². The molecule has 0 bridgehead atoms. The van der Waals surface area contributed by atoms with Gasteiger partial charge in [-0.05, 0) is 25.6 Å². The Balaban J connectivity index is 0.00000300. The lowest BCUT2D eigenvalue weighted by Gasteiger charge is -2.36. The molecule has 2 atom stereocenters. The Bertz CT molecular complexity index is 610. The molecule has 3 rings (SSSR count). The third-order valence-corrected chi connectivity index (χ3v) is 5.85. The van der Waals surface area contributed by atoms with Gasteiger partial charge in [-0.3, -0.25) is 9.89 Å². The van der Waals surface area contributed by atoms with Gasteiger partial charge in [0.1, 0.15) is 0 Å². The molecular formula is C22H38IN5O. The van der Waals surface area contributed by atoms with Gasteiger partial charge in [0.05, 0.1) is 25.3 Å².